The molecule has 1 aromatic rings. The molecule has 1 aliphatic rings. The molecule has 0 bridgehead atoms. The molecule has 0 aromatic carbocycles. The number of aromatic nitrogens is 2. The first-order valence-corrected chi connectivity index (χ1v) is 5.95. The van der Waals surface area contributed by atoms with Gasteiger partial charge in [-0.15, -0.1) is 0 Å². The van der Waals surface area contributed by atoms with Gasteiger partial charge in [0.15, 0.2) is 0 Å². The highest BCUT2D eigenvalue weighted by molar-refractivity contribution is 6.29. The van der Waals surface area contributed by atoms with Crippen LogP contribution >= 0.6 is 11.6 Å². The van der Waals surface area contributed by atoms with Crippen molar-refractivity contribution in [3.8, 4) is 0 Å². The van der Waals surface area contributed by atoms with Crippen LogP contribution in [-0.2, 0) is 4.79 Å². The fourth-order valence-electron chi connectivity index (χ4n) is 1.97. The van der Waals surface area contributed by atoms with E-state index in [4.69, 9.17) is 16.7 Å². The van der Waals surface area contributed by atoms with E-state index in [-0.39, 0.29) is 23.3 Å². The first-order chi connectivity index (χ1) is 8.58. The van der Waals surface area contributed by atoms with Crippen molar-refractivity contribution >= 4 is 23.5 Å². The smallest absolute Gasteiger partial charge is 0.308 e. The van der Waals surface area contributed by atoms with E-state index in [9.17, 15) is 9.59 Å². The van der Waals surface area contributed by atoms with E-state index < -0.39 is 11.9 Å². The molecular weight excluding hydrogens is 258 g/mol. The fourth-order valence-corrected chi connectivity index (χ4v) is 2.12. The Morgan fingerprint density at radius 3 is 2.89 bits per heavy atom. The Bertz CT molecular complexity index is 480. The van der Waals surface area contributed by atoms with E-state index in [0.29, 0.717) is 19.4 Å². The van der Waals surface area contributed by atoms with Crippen LogP contribution < -0.4 is 0 Å². The van der Waals surface area contributed by atoms with Crippen LogP contribution in [0.25, 0.3) is 0 Å². The molecule has 1 aromatic heterocycles. The van der Waals surface area contributed by atoms with Crippen molar-refractivity contribution in [3.05, 3.63) is 23.2 Å². The molecule has 1 unspecified atom stereocenters. The summed E-state index contributed by atoms with van der Waals surface area (Å²) < 4.78 is 0. The molecule has 1 N–H and O–H groups in total. The highest BCUT2D eigenvalue weighted by Crippen LogP contribution is 2.18. The van der Waals surface area contributed by atoms with Gasteiger partial charge in [0.25, 0.3) is 5.91 Å². The Hall–Kier alpha value is -1.69. The average molecular weight is 270 g/mol. The maximum Gasteiger partial charge on any atom is 0.308 e. The normalized spacial score (nSPS) is 19.6. The minimum absolute atomic E-state index is 0.146. The van der Waals surface area contributed by atoms with Crippen LogP contribution in [-0.4, -0.2) is 44.9 Å². The van der Waals surface area contributed by atoms with Crippen molar-refractivity contribution in [1.29, 1.82) is 0 Å². The number of hydrogen-bond donors (Lipinski definition) is 1. The summed E-state index contributed by atoms with van der Waals surface area (Å²) in [4.78, 5) is 32.2. The predicted molar refractivity (Wildman–Crippen MR) is 63.3 cm³/mol. The molecule has 7 heteroatoms. The first-order valence-electron chi connectivity index (χ1n) is 5.57. The van der Waals surface area contributed by atoms with Gasteiger partial charge in [-0.05, 0) is 12.8 Å². The monoisotopic (exact) mass is 269 g/mol. The zero-order valence-corrected chi connectivity index (χ0v) is 10.3. The van der Waals surface area contributed by atoms with E-state index in [0.717, 1.165) is 0 Å². The molecule has 1 saturated heterocycles. The second-order valence-electron chi connectivity index (χ2n) is 4.16. The SMILES string of the molecule is O=C(O)C1CCCN(C(=O)c2cncc(Cl)n2)C1. The highest BCUT2D eigenvalue weighted by Gasteiger charge is 2.29. The number of carbonyl (C=O) groups excluding carboxylic acids is 1. The molecular formula is C11H12ClN3O3. The van der Waals surface area contributed by atoms with Gasteiger partial charge >= 0.3 is 5.97 Å². The fraction of sp³-hybridized carbons (Fsp3) is 0.455. The number of halogens is 1. The summed E-state index contributed by atoms with van der Waals surface area (Å²) in [7, 11) is 0. The van der Waals surface area contributed by atoms with Gasteiger partial charge in [0.05, 0.1) is 18.3 Å². The standard InChI is InChI=1S/C11H12ClN3O3/c12-9-5-13-4-8(14-9)10(16)15-3-1-2-7(6-15)11(17)18/h4-5,7H,1-3,6H2,(H,17,18). The van der Waals surface area contributed by atoms with Crippen molar-refractivity contribution in [3.63, 3.8) is 0 Å². The van der Waals surface area contributed by atoms with Crippen molar-refractivity contribution in [2.75, 3.05) is 13.1 Å². The third-order valence-corrected chi connectivity index (χ3v) is 3.06. The summed E-state index contributed by atoms with van der Waals surface area (Å²) in [5.74, 6) is -1.70. The van der Waals surface area contributed by atoms with Crippen molar-refractivity contribution in [2.24, 2.45) is 5.92 Å². The Morgan fingerprint density at radius 1 is 1.44 bits per heavy atom. The molecule has 2 rings (SSSR count). The summed E-state index contributed by atoms with van der Waals surface area (Å²) in [5, 5.41) is 9.11. The zero-order valence-electron chi connectivity index (χ0n) is 9.54. The lowest BCUT2D eigenvalue weighted by atomic mass is 9.98. The molecule has 18 heavy (non-hydrogen) atoms. The zero-order chi connectivity index (χ0) is 13.1. The number of piperidine rings is 1. The Kier molecular flexibility index (Phi) is 3.76. The van der Waals surface area contributed by atoms with Gasteiger partial charge in [0.1, 0.15) is 10.8 Å². The van der Waals surface area contributed by atoms with Gasteiger partial charge in [-0.1, -0.05) is 11.6 Å². The number of amides is 1. The number of nitrogens with zero attached hydrogens (tertiary/aromatic N) is 3. The van der Waals surface area contributed by atoms with Crippen LogP contribution in [0, 0.1) is 5.92 Å². The van der Waals surface area contributed by atoms with Gasteiger partial charge < -0.3 is 10.0 Å². The summed E-state index contributed by atoms with van der Waals surface area (Å²) in [5.41, 5.74) is 0.147. The lowest BCUT2D eigenvalue weighted by molar-refractivity contribution is -0.143. The number of likely N-dealkylation sites (tertiary alicyclic amines) is 1. The quantitative estimate of drug-likeness (QED) is 0.868. The van der Waals surface area contributed by atoms with E-state index in [1.807, 2.05) is 0 Å². The highest BCUT2D eigenvalue weighted by atomic mass is 35.5. The van der Waals surface area contributed by atoms with Crippen molar-refractivity contribution < 1.29 is 14.7 Å². The van der Waals surface area contributed by atoms with Gasteiger partial charge in [-0.2, -0.15) is 0 Å². The maximum atomic E-state index is 12.1. The van der Waals surface area contributed by atoms with E-state index in [1.165, 1.54) is 17.3 Å². The number of hydrogen-bond acceptors (Lipinski definition) is 4. The molecule has 1 aliphatic heterocycles. The van der Waals surface area contributed by atoms with Crippen LogP contribution in [0.4, 0.5) is 0 Å². The summed E-state index contributed by atoms with van der Waals surface area (Å²) >= 11 is 5.67. The minimum Gasteiger partial charge on any atom is -0.481 e. The molecule has 0 spiro atoms. The molecule has 1 atom stereocenters. The van der Waals surface area contributed by atoms with Crippen molar-refractivity contribution in [2.45, 2.75) is 12.8 Å². The number of carboxylic acid groups (broad SMARTS) is 1. The van der Waals surface area contributed by atoms with Crippen LogP contribution in [0.3, 0.4) is 0 Å². The lowest BCUT2D eigenvalue weighted by Gasteiger charge is -2.30. The van der Waals surface area contributed by atoms with Gasteiger partial charge in [-0.3, -0.25) is 14.6 Å². The molecule has 0 saturated carbocycles. The average Bonchev–Trinajstić information content (AvgIpc) is 2.38. The van der Waals surface area contributed by atoms with Gasteiger partial charge in [0.2, 0.25) is 0 Å². The Balaban J connectivity index is 2.11. The molecule has 0 aliphatic carbocycles. The molecule has 2 heterocycles. The molecule has 1 fully saturated rings. The van der Waals surface area contributed by atoms with E-state index in [2.05, 4.69) is 9.97 Å². The van der Waals surface area contributed by atoms with E-state index >= 15 is 0 Å². The lowest BCUT2D eigenvalue weighted by Crippen LogP contribution is -2.42. The maximum absolute atomic E-state index is 12.1. The third-order valence-electron chi connectivity index (χ3n) is 2.88. The second kappa shape index (κ2) is 5.30. The second-order valence-corrected chi connectivity index (χ2v) is 4.54. The van der Waals surface area contributed by atoms with Crippen LogP contribution in [0.1, 0.15) is 23.3 Å². The number of aliphatic carboxylic acids is 1. The van der Waals surface area contributed by atoms with Gasteiger partial charge in [0, 0.05) is 13.1 Å². The summed E-state index contributed by atoms with van der Waals surface area (Å²) in [6, 6.07) is 0. The predicted octanol–water partition coefficient (Wildman–Crippen LogP) is 1.07. The van der Waals surface area contributed by atoms with Crippen LogP contribution in [0.2, 0.25) is 5.15 Å². The molecule has 96 valence electrons. The number of carboxylic acids is 1. The van der Waals surface area contributed by atoms with Crippen molar-refractivity contribution in [1.82, 2.24) is 14.9 Å². The topological polar surface area (TPSA) is 83.4 Å². The third kappa shape index (κ3) is 2.76. The molecule has 6 nitrogen and oxygen atoms in total. The van der Waals surface area contributed by atoms with Gasteiger partial charge in [-0.25, -0.2) is 4.98 Å². The first kappa shape index (κ1) is 12.8. The largest absolute Gasteiger partial charge is 0.481 e. The molecule has 1 amide bonds. The minimum atomic E-state index is -0.871. The van der Waals surface area contributed by atoms with Crippen LogP contribution in [0.5, 0.6) is 0 Å². The summed E-state index contributed by atoms with van der Waals surface area (Å²) in [6.45, 7) is 0.749. The Labute approximate surface area is 109 Å². The number of carbonyl (C=O) groups is 2. The molecule has 0 radical (unpaired) electrons. The number of rotatable bonds is 2. The van der Waals surface area contributed by atoms with Crippen LogP contribution in [0.15, 0.2) is 12.4 Å². The summed E-state index contributed by atoms with van der Waals surface area (Å²) in [6.07, 6.45) is 3.95. The Morgan fingerprint density at radius 2 is 2.22 bits per heavy atom. The van der Waals surface area contributed by atoms with E-state index in [1.54, 1.807) is 0 Å².